The van der Waals surface area contributed by atoms with Crippen molar-refractivity contribution in [1.82, 2.24) is 14.5 Å². The van der Waals surface area contributed by atoms with Crippen molar-refractivity contribution in [2.45, 2.75) is 6.92 Å². The molecule has 2 rings (SSSR count). The molecule has 5 heteroatoms. The van der Waals surface area contributed by atoms with Gasteiger partial charge in [0.25, 0.3) is 0 Å². The minimum absolute atomic E-state index is 0.364. The Bertz CT molecular complexity index is 487. The normalized spacial score (nSPS) is 10.3. The SMILES string of the molecule is Cc1cc(Cl)nc(-n2cccc2C=O)n1. The summed E-state index contributed by atoms with van der Waals surface area (Å²) < 4.78 is 1.59. The van der Waals surface area contributed by atoms with Gasteiger partial charge in [-0.2, -0.15) is 0 Å². The number of aldehydes is 1. The molecular formula is C10H8ClN3O. The zero-order valence-electron chi connectivity index (χ0n) is 8.01. The van der Waals surface area contributed by atoms with Crippen LogP contribution >= 0.6 is 11.6 Å². The molecule has 0 aliphatic carbocycles. The maximum absolute atomic E-state index is 10.7. The molecule has 0 saturated carbocycles. The van der Waals surface area contributed by atoms with Crippen LogP contribution in [0.15, 0.2) is 24.4 Å². The van der Waals surface area contributed by atoms with E-state index in [2.05, 4.69) is 9.97 Å². The maximum atomic E-state index is 10.7. The van der Waals surface area contributed by atoms with E-state index in [9.17, 15) is 4.79 Å². The average molecular weight is 222 g/mol. The summed E-state index contributed by atoms with van der Waals surface area (Å²) in [6, 6.07) is 5.10. The monoisotopic (exact) mass is 221 g/mol. The summed E-state index contributed by atoms with van der Waals surface area (Å²) >= 11 is 5.81. The largest absolute Gasteiger partial charge is 0.296 e. The fourth-order valence-electron chi connectivity index (χ4n) is 1.30. The number of rotatable bonds is 2. The van der Waals surface area contributed by atoms with E-state index < -0.39 is 0 Å². The zero-order chi connectivity index (χ0) is 10.8. The Morgan fingerprint density at radius 3 is 2.93 bits per heavy atom. The molecular weight excluding hydrogens is 214 g/mol. The highest BCUT2D eigenvalue weighted by Crippen LogP contribution is 2.11. The summed E-state index contributed by atoms with van der Waals surface area (Å²) in [6.45, 7) is 1.82. The van der Waals surface area contributed by atoms with Gasteiger partial charge in [0.2, 0.25) is 5.95 Å². The third-order valence-electron chi connectivity index (χ3n) is 1.93. The van der Waals surface area contributed by atoms with Gasteiger partial charge in [0.05, 0.1) is 5.69 Å². The predicted molar refractivity (Wildman–Crippen MR) is 56.5 cm³/mol. The summed E-state index contributed by atoms with van der Waals surface area (Å²) in [4.78, 5) is 19.0. The van der Waals surface area contributed by atoms with Gasteiger partial charge >= 0.3 is 0 Å². The predicted octanol–water partition coefficient (Wildman–Crippen LogP) is 2.04. The molecule has 0 radical (unpaired) electrons. The minimum Gasteiger partial charge on any atom is -0.296 e. The number of nitrogens with zero attached hydrogens (tertiary/aromatic N) is 3. The Balaban J connectivity index is 2.58. The number of aromatic nitrogens is 3. The van der Waals surface area contributed by atoms with E-state index in [1.165, 1.54) is 0 Å². The second-order valence-electron chi connectivity index (χ2n) is 3.05. The maximum Gasteiger partial charge on any atom is 0.235 e. The first-order chi connectivity index (χ1) is 7.20. The van der Waals surface area contributed by atoms with Crippen molar-refractivity contribution < 1.29 is 4.79 Å². The van der Waals surface area contributed by atoms with Crippen LogP contribution in [0, 0.1) is 6.92 Å². The van der Waals surface area contributed by atoms with Crippen molar-refractivity contribution >= 4 is 17.9 Å². The first kappa shape index (κ1) is 9.86. The molecule has 0 atom stereocenters. The van der Waals surface area contributed by atoms with Crippen LogP contribution in [0.3, 0.4) is 0 Å². The van der Waals surface area contributed by atoms with Crippen LogP contribution in [0.5, 0.6) is 0 Å². The first-order valence-electron chi connectivity index (χ1n) is 4.35. The van der Waals surface area contributed by atoms with E-state index in [1.807, 2.05) is 6.92 Å². The molecule has 0 fully saturated rings. The lowest BCUT2D eigenvalue weighted by Crippen LogP contribution is -2.04. The van der Waals surface area contributed by atoms with Crippen molar-refractivity contribution in [3.8, 4) is 5.95 Å². The lowest BCUT2D eigenvalue weighted by Gasteiger charge is -2.04. The zero-order valence-corrected chi connectivity index (χ0v) is 8.77. The summed E-state index contributed by atoms with van der Waals surface area (Å²) in [6.07, 6.45) is 2.47. The molecule has 2 aromatic rings. The average Bonchev–Trinajstić information content (AvgIpc) is 2.63. The Kier molecular flexibility index (Phi) is 2.51. The molecule has 0 aliphatic heterocycles. The fourth-order valence-corrected chi connectivity index (χ4v) is 1.53. The van der Waals surface area contributed by atoms with E-state index in [4.69, 9.17) is 11.6 Å². The topological polar surface area (TPSA) is 47.8 Å². The summed E-state index contributed by atoms with van der Waals surface area (Å²) in [7, 11) is 0. The molecule has 0 aromatic carbocycles. The standard InChI is InChI=1S/C10H8ClN3O/c1-7-5-9(11)13-10(12-7)14-4-2-3-8(14)6-15/h2-6H,1H3. The second kappa shape index (κ2) is 3.82. The van der Waals surface area contributed by atoms with Crippen LogP contribution in [0.2, 0.25) is 5.15 Å². The Labute approximate surface area is 91.5 Å². The Morgan fingerprint density at radius 2 is 2.27 bits per heavy atom. The Hall–Kier alpha value is -1.68. The van der Waals surface area contributed by atoms with E-state index in [1.54, 1.807) is 29.0 Å². The molecule has 4 nitrogen and oxygen atoms in total. The molecule has 0 bridgehead atoms. The first-order valence-corrected chi connectivity index (χ1v) is 4.72. The molecule has 0 N–H and O–H groups in total. The van der Waals surface area contributed by atoms with Gasteiger partial charge in [0.15, 0.2) is 6.29 Å². The van der Waals surface area contributed by atoms with Crippen LogP contribution in [-0.4, -0.2) is 20.8 Å². The quantitative estimate of drug-likeness (QED) is 0.576. The molecule has 0 saturated heterocycles. The van der Waals surface area contributed by atoms with E-state index in [0.717, 1.165) is 12.0 Å². The number of halogens is 1. The third kappa shape index (κ3) is 1.89. The molecule has 2 heterocycles. The summed E-state index contributed by atoms with van der Waals surface area (Å²) in [5.74, 6) is 0.409. The second-order valence-corrected chi connectivity index (χ2v) is 3.44. The van der Waals surface area contributed by atoms with Gasteiger partial charge < -0.3 is 0 Å². The molecule has 0 unspecified atom stereocenters. The van der Waals surface area contributed by atoms with E-state index in [0.29, 0.717) is 16.8 Å². The number of hydrogen-bond donors (Lipinski definition) is 0. The van der Waals surface area contributed by atoms with Gasteiger partial charge in [0.1, 0.15) is 5.15 Å². The smallest absolute Gasteiger partial charge is 0.235 e. The number of carbonyl (C=O) groups is 1. The molecule has 2 aromatic heterocycles. The van der Waals surface area contributed by atoms with Crippen molar-refractivity contribution in [1.29, 1.82) is 0 Å². The number of aryl methyl sites for hydroxylation is 1. The molecule has 0 amide bonds. The summed E-state index contributed by atoms with van der Waals surface area (Å²) in [5.41, 5.74) is 1.26. The molecule has 0 spiro atoms. The van der Waals surface area contributed by atoms with Crippen molar-refractivity contribution in [3.63, 3.8) is 0 Å². The van der Waals surface area contributed by atoms with Crippen LogP contribution in [0.1, 0.15) is 16.2 Å². The lowest BCUT2D eigenvalue weighted by molar-refractivity contribution is 0.111. The summed E-state index contributed by atoms with van der Waals surface area (Å²) in [5, 5.41) is 0.364. The highest BCUT2D eigenvalue weighted by atomic mass is 35.5. The Morgan fingerprint density at radius 1 is 1.47 bits per heavy atom. The van der Waals surface area contributed by atoms with Gasteiger partial charge in [-0.15, -0.1) is 0 Å². The van der Waals surface area contributed by atoms with Crippen LogP contribution in [0.4, 0.5) is 0 Å². The molecule has 76 valence electrons. The van der Waals surface area contributed by atoms with Gasteiger partial charge in [-0.25, -0.2) is 9.97 Å². The molecule has 0 aliphatic rings. The lowest BCUT2D eigenvalue weighted by atomic mass is 10.4. The number of carbonyl (C=O) groups excluding carboxylic acids is 1. The van der Waals surface area contributed by atoms with E-state index in [-0.39, 0.29) is 0 Å². The van der Waals surface area contributed by atoms with Gasteiger partial charge in [0, 0.05) is 11.9 Å². The van der Waals surface area contributed by atoms with Crippen molar-refractivity contribution in [2.24, 2.45) is 0 Å². The van der Waals surface area contributed by atoms with Crippen LogP contribution < -0.4 is 0 Å². The third-order valence-corrected chi connectivity index (χ3v) is 2.12. The van der Waals surface area contributed by atoms with Crippen molar-refractivity contribution in [2.75, 3.05) is 0 Å². The highest BCUT2D eigenvalue weighted by Gasteiger charge is 2.06. The van der Waals surface area contributed by atoms with Gasteiger partial charge in [-0.3, -0.25) is 9.36 Å². The van der Waals surface area contributed by atoms with E-state index >= 15 is 0 Å². The molecule has 15 heavy (non-hydrogen) atoms. The van der Waals surface area contributed by atoms with Gasteiger partial charge in [-0.1, -0.05) is 11.6 Å². The highest BCUT2D eigenvalue weighted by molar-refractivity contribution is 6.29. The van der Waals surface area contributed by atoms with Crippen LogP contribution in [0.25, 0.3) is 5.95 Å². The van der Waals surface area contributed by atoms with Crippen LogP contribution in [-0.2, 0) is 0 Å². The van der Waals surface area contributed by atoms with Gasteiger partial charge in [-0.05, 0) is 25.1 Å². The fraction of sp³-hybridized carbons (Fsp3) is 0.100. The number of hydrogen-bond acceptors (Lipinski definition) is 3. The van der Waals surface area contributed by atoms with Crippen molar-refractivity contribution in [3.05, 3.63) is 40.9 Å². The minimum atomic E-state index is 0.364.